The van der Waals surface area contributed by atoms with Crippen LogP contribution in [0.1, 0.15) is 38.7 Å². The Labute approximate surface area is 164 Å². The van der Waals surface area contributed by atoms with Crippen molar-refractivity contribution in [1.82, 2.24) is 9.88 Å². The number of fused-ring (bicyclic) bond motifs is 1. The quantitative estimate of drug-likeness (QED) is 0.575. The van der Waals surface area contributed by atoms with Crippen molar-refractivity contribution in [3.05, 3.63) is 35.9 Å². The van der Waals surface area contributed by atoms with Gasteiger partial charge in [0, 0.05) is 17.5 Å². The Kier molecular flexibility index (Phi) is 6.37. The number of hydrogen-bond acceptors (Lipinski definition) is 5. The molecular formula is C21H26N2O3S. The van der Waals surface area contributed by atoms with Gasteiger partial charge in [-0.15, -0.1) is 0 Å². The zero-order chi connectivity index (χ0) is 19.4. The molecule has 1 amide bonds. The normalized spacial score (nSPS) is 19.9. The summed E-state index contributed by atoms with van der Waals surface area (Å²) in [7, 11) is 0. The average molecular weight is 387 g/mol. The van der Waals surface area contributed by atoms with Crippen LogP contribution in [0.3, 0.4) is 0 Å². The number of amides is 1. The van der Waals surface area contributed by atoms with Gasteiger partial charge in [0.1, 0.15) is 0 Å². The highest BCUT2D eigenvalue weighted by atomic mass is 32.2. The van der Waals surface area contributed by atoms with E-state index in [2.05, 4.69) is 18.8 Å². The monoisotopic (exact) mass is 386 g/mol. The summed E-state index contributed by atoms with van der Waals surface area (Å²) in [6, 6.07) is 10.3. The van der Waals surface area contributed by atoms with Crippen LogP contribution in [0.5, 0.6) is 0 Å². The Morgan fingerprint density at radius 2 is 1.93 bits per heavy atom. The highest BCUT2D eigenvalue weighted by Crippen LogP contribution is 2.24. The third-order valence-electron chi connectivity index (χ3n) is 5.08. The minimum Gasteiger partial charge on any atom is -0.455 e. The predicted molar refractivity (Wildman–Crippen MR) is 108 cm³/mol. The number of piperidine rings is 1. The first-order valence-electron chi connectivity index (χ1n) is 9.41. The van der Waals surface area contributed by atoms with Gasteiger partial charge in [0.2, 0.25) is 0 Å². The van der Waals surface area contributed by atoms with Crippen molar-refractivity contribution >= 4 is 34.5 Å². The van der Waals surface area contributed by atoms with E-state index in [4.69, 9.17) is 4.74 Å². The molecule has 0 radical (unpaired) electrons. The van der Waals surface area contributed by atoms with Crippen LogP contribution in [-0.2, 0) is 14.3 Å². The number of carbonyl (C=O) groups is 2. The highest BCUT2D eigenvalue weighted by molar-refractivity contribution is 7.99. The lowest BCUT2D eigenvalue weighted by Gasteiger charge is -2.38. The second-order valence-electron chi connectivity index (χ2n) is 7.17. The van der Waals surface area contributed by atoms with Crippen LogP contribution in [-0.4, -0.2) is 46.2 Å². The Bertz CT molecular complexity index is 829. The molecule has 2 heterocycles. The molecular weight excluding hydrogens is 360 g/mol. The second kappa shape index (κ2) is 8.74. The molecule has 1 aliphatic rings. The van der Waals surface area contributed by atoms with E-state index in [9.17, 15) is 9.59 Å². The molecule has 1 aliphatic heterocycles. The van der Waals surface area contributed by atoms with Gasteiger partial charge in [0.15, 0.2) is 6.61 Å². The molecule has 5 nitrogen and oxygen atoms in total. The van der Waals surface area contributed by atoms with Crippen molar-refractivity contribution in [1.29, 1.82) is 0 Å². The maximum absolute atomic E-state index is 12.4. The van der Waals surface area contributed by atoms with Gasteiger partial charge in [-0.2, -0.15) is 0 Å². The first-order chi connectivity index (χ1) is 13.0. The van der Waals surface area contributed by atoms with E-state index in [-0.39, 0.29) is 30.4 Å². The molecule has 2 aromatic rings. The molecule has 0 N–H and O–H groups in total. The fourth-order valence-electron chi connectivity index (χ4n) is 3.70. The molecule has 2 atom stereocenters. The number of esters is 1. The molecule has 0 bridgehead atoms. The molecule has 0 saturated carbocycles. The molecule has 0 unspecified atom stereocenters. The van der Waals surface area contributed by atoms with E-state index >= 15 is 0 Å². The van der Waals surface area contributed by atoms with Crippen molar-refractivity contribution in [2.45, 2.75) is 57.1 Å². The van der Waals surface area contributed by atoms with Gasteiger partial charge < -0.3 is 9.64 Å². The summed E-state index contributed by atoms with van der Waals surface area (Å²) in [6.45, 7) is 5.96. The summed E-state index contributed by atoms with van der Waals surface area (Å²) in [6.07, 6.45) is 3.15. The number of para-hydroxylation sites is 1. The smallest absolute Gasteiger partial charge is 0.316 e. The average Bonchev–Trinajstić information content (AvgIpc) is 2.64. The molecule has 1 fully saturated rings. The lowest BCUT2D eigenvalue weighted by atomic mass is 9.97. The van der Waals surface area contributed by atoms with E-state index < -0.39 is 5.97 Å². The largest absolute Gasteiger partial charge is 0.455 e. The number of pyridine rings is 1. The zero-order valence-corrected chi connectivity index (χ0v) is 16.9. The van der Waals surface area contributed by atoms with Gasteiger partial charge in [-0.25, -0.2) is 4.98 Å². The molecule has 1 aromatic heterocycles. The molecule has 0 aliphatic carbocycles. The number of aryl methyl sites for hydroxylation is 1. The topological polar surface area (TPSA) is 59.5 Å². The number of benzene rings is 1. The number of rotatable bonds is 5. The molecule has 1 aromatic carbocycles. The number of likely N-dealkylation sites (tertiary alicyclic amines) is 1. The summed E-state index contributed by atoms with van der Waals surface area (Å²) in [5.74, 6) is -0.352. The highest BCUT2D eigenvalue weighted by Gasteiger charge is 2.29. The fraction of sp³-hybridized carbons (Fsp3) is 0.476. The van der Waals surface area contributed by atoms with Crippen LogP contribution >= 0.6 is 11.8 Å². The van der Waals surface area contributed by atoms with E-state index in [0.717, 1.165) is 40.8 Å². The summed E-state index contributed by atoms with van der Waals surface area (Å²) in [5, 5.41) is 1.90. The number of hydrogen-bond donors (Lipinski definition) is 0. The van der Waals surface area contributed by atoms with Crippen molar-refractivity contribution in [2.75, 3.05) is 12.4 Å². The third-order valence-corrected chi connectivity index (χ3v) is 5.96. The van der Waals surface area contributed by atoms with Gasteiger partial charge in [-0.1, -0.05) is 30.0 Å². The second-order valence-corrected chi connectivity index (χ2v) is 8.17. The number of carbonyl (C=O) groups excluding carboxylic acids is 2. The van der Waals surface area contributed by atoms with Crippen molar-refractivity contribution < 1.29 is 14.3 Å². The maximum atomic E-state index is 12.4. The van der Waals surface area contributed by atoms with Gasteiger partial charge in [0.05, 0.1) is 16.3 Å². The zero-order valence-electron chi connectivity index (χ0n) is 16.1. The van der Waals surface area contributed by atoms with Crippen LogP contribution in [0.25, 0.3) is 10.9 Å². The molecule has 144 valence electrons. The Morgan fingerprint density at radius 3 is 2.67 bits per heavy atom. The lowest BCUT2D eigenvalue weighted by Crippen LogP contribution is -2.49. The van der Waals surface area contributed by atoms with E-state index in [1.54, 1.807) is 0 Å². The van der Waals surface area contributed by atoms with E-state index in [1.165, 1.54) is 11.8 Å². The van der Waals surface area contributed by atoms with Gasteiger partial charge in [-0.05, 0) is 57.7 Å². The van der Waals surface area contributed by atoms with E-state index in [0.29, 0.717) is 0 Å². The Morgan fingerprint density at radius 1 is 1.22 bits per heavy atom. The van der Waals surface area contributed by atoms with Gasteiger partial charge in [-0.3, -0.25) is 9.59 Å². The summed E-state index contributed by atoms with van der Waals surface area (Å²) >= 11 is 1.34. The minimum absolute atomic E-state index is 0.104. The molecule has 27 heavy (non-hydrogen) atoms. The third kappa shape index (κ3) is 4.80. The van der Waals surface area contributed by atoms with Gasteiger partial charge >= 0.3 is 5.97 Å². The van der Waals surface area contributed by atoms with Gasteiger partial charge in [0.25, 0.3) is 5.91 Å². The number of aromatic nitrogens is 1. The van der Waals surface area contributed by atoms with Crippen molar-refractivity contribution in [3.8, 4) is 0 Å². The molecule has 3 rings (SSSR count). The van der Waals surface area contributed by atoms with Crippen molar-refractivity contribution in [2.24, 2.45) is 0 Å². The lowest BCUT2D eigenvalue weighted by molar-refractivity contribution is -0.153. The first kappa shape index (κ1) is 19.7. The Hall–Kier alpha value is -2.08. The number of ether oxygens (including phenoxy) is 1. The number of nitrogens with zero attached hydrogens (tertiary/aromatic N) is 2. The fourth-order valence-corrected chi connectivity index (χ4v) is 4.47. The van der Waals surface area contributed by atoms with Crippen LogP contribution in [0, 0.1) is 6.92 Å². The molecule has 1 saturated heterocycles. The standard InChI is InChI=1S/C21H26N2O3S/c1-14-11-19(22-18-10-5-4-9-17(14)18)27-13-21(25)26-12-20(24)23-15(2)7-6-8-16(23)3/h4-5,9-11,15-16H,6-8,12-13H2,1-3H3/t15-,16-/m1/s1. The van der Waals surface area contributed by atoms with Crippen LogP contribution in [0.15, 0.2) is 35.4 Å². The maximum Gasteiger partial charge on any atom is 0.316 e. The van der Waals surface area contributed by atoms with Crippen LogP contribution in [0.4, 0.5) is 0 Å². The SMILES string of the molecule is Cc1cc(SCC(=O)OCC(=O)N2[C@H](C)CCC[C@H]2C)nc2ccccc12. The molecule has 0 spiro atoms. The van der Waals surface area contributed by atoms with E-state index in [1.807, 2.05) is 42.2 Å². The van der Waals surface area contributed by atoms with Crippen LogP contribution < -0.4 is 0 Å². The molecule has 6 heteroatoms. The van der Waals surface area contributed by atoms with Crippen LogP contribution in [0.2, 0.25) is 0 Å². The minimum atomic E-state index is -0.390. The first-order valence-corrected chi connectivity index (χ1v) is 10.4. The van der Waals surface area contributed by atoms with Crippen molar-refractivity contribution in [3.63, 3.8) is 0 Å². The number of thioether (sulfide) groups is 1. The summed E-state index contributed by atoms with van der Waals surface area (Å²) in [4.78, 5) is 30.9. The summed E-state index contributed by atoms with van der Waals surface area (Å²) in [5.41, 5.74) is 2.04. The Balaban J connectivity index is 1.52. The summed E-state index contributed by atoms with van der Waals surface area (Å²) < 4.78 is 5.21. The predicted octanol–water partition coefficient (Wildman–Crippen LogP) is 3.97.